The molecule has 9 heteroatoms. The van der Waals surface area contributed by atoms with Crippen LogP contribution in [-0.2, 0) is 4.79 Å². The summed E-state index contributed by atoms with van der Waals surface area (Å²) in [6.07, 6.45) is 6.34. The van der Waals surface area contributed by atoms with Gasteiger partial charge in [0.1, 0.15) is 5.00 Å². The number of allylic oxidation sites excluding steroid dienone is 5. The van der Waals surface area contributed by atoms with E-state index in [0.29, 0.717) is 17.2 Å². The van der Waals surface area contributed by atoms with E-state index >= 15 is 0 Å². The van der Waals surface area contributed by atoms with Gasteiger partial charge < -0.3 is 15.5 Å². The number of rotatable bonds is 8. The zero-order valence-electron chi connectivity index (χ0n) is 18.4. The molecule has 0 saturated carbocycles. The van der Waals surface area contributed by atoms with Gasteiger partial charge in [-0.1, -0.05) is 24.0 Å². The quantitative estimate of drug-likeness (QED) is 0.421. The lowest BCUT2D eigenvalue weighted by Gasteiger charge is -2.31. The first-order valence-corrected chi connectivity index (χ1v) is 11.1. The molecule has 3 N–H and O–H groups in total. The molecule has 0 amide bonds. The Morgan fingerprint density at radius 1 is 1.39 bits per heavy atom. The summed E-state index contributed by atoms with van der Waals surface area (Å²) < 4.78 is 13.8. The van der Waals surface area contributed by atoms with E-state index in [1.807, 2.05) is 13.8 Å². The number of aromatic amines is 1. The average Bonchev–Trinajstić information content (AvgIpc) is 3.36. The number of H-pyrrole nitrogens is 1. The van der Waals surface area contributed by atoms with E-state index < -0.39 is 5.95 Å². The van der Waals surface area contributed by atoms with Crippen molar-refractivity contribution < 1.29 is 9.18 Å². The van der Waals surface area contributed by atoms with Gasteiger partial charge in [0.15, 0.2) is 10.9 Å². The highest BCUT2D eigenvalue weighted by Gasteiger charge is 2.21. The fraction of sp³-hybridized carbons (Fsp3) is 0.409. The van der Waals surface area contributed by atoms with Crippen LogP contribution >= 0.6 is 11.3 Å². The van der Waals surface area contributed by atoms with Crippen molar-refractivity contribution in [1.29, 1.82) is 0 Å². The molecule has 1 saturated heterocycles. The van der Waals surface area contributed by atoms with E-state index in [1.165, 1.54) is 18.3 Å². The van der Waals surface area contributed by atoms with Crippen LogP contribution in [-0.4, -0.2) is 47.1 Å². The zero-order chi connectivity index (χ0) is 22.5. The maximum absolute atomic E-state index is 13.8. The van der Waals surface area contributed by atoms with Gasteiger partial charge in [-0.3, -0.25) is 9.89 Å². The normalized spacial score (nSPS) is 16.1. The lowest BCUT2D eigenvalue weighted by Crippen LogP contribution is -2.41. The number of nitrogens with zero attached hydrogens (tertiary/aromatic N) is 3. The lowest BCUT2D eigenvalue weighted by atomic mass is 10.0. The number of halogens is 1. The predicted molar refractivity (Wildman–Crippen MR) is 125 cm³/mol. The number of carbonyl (C=O) groups excluding carboxylic acids is 1. The zero-order valence-corrected chi connectivity index (χ0v) is 19.2. The Morgan fingerprint density at radius 2 is 2.10 bits per heavy atom. The van der Waals surface area contributed by atoms with Gasteiger partial charge in [0.2, 0.25) is 5.95 Å². The third-order valence-electron chi connectivity index (χ3n) is 5.59. The summed E-state index contributed by atoms with van der Waals surface area (Å²) in [5.41, 5.74) is 2.74. The van der Waals surface area contributed by atoms with Crippen molar-refractivity contribution in [2.24, 2.45) is 0 Å². The molecule has 2 aromatic rings. The molecule has 0 radical (unpaired) electrons. The standard InChI is InChI=1S/C22H29FN6OS/c1-6-16(18-12-25-28-20(18)23)11-19(30)13(2)14(3)26-21-15(4)27-22(31-21)29(5)17-7-9-24-10-8-17/h6,11-12,17,24,26H,1,7-10H2,2-5H3,(H,25,28)/b14-13+,16-11+. The van der Waals surface area contributed by atoms with E-state index in [9.17, 15) is 9.18 Å². The first-order chi connectivity index (χ1) is 14.8. The molecule has 3 heterocycles. The van der Waals surface area contributed by atoms with Crippen molar-refractivity contribution >= 4 is 32.8 Å². The second-order valence-corrected chi connectivity index (χ2v) is 8.62. The first-order valence-electron chi connectivity index (χ1n) is 10.2. The number of hydrogen-bond acceptors (Lipinski definition) is 7. The van der Waals surface area contributed by atoms with Crippen molar-refractivity contribution in [1.82, 2.24) is 20.5 Å². The second kappa shape index (κ2) is 10.0. The molecule has 1 aliphatic heterocycles. The Balaban J connectivity index is 1.76. The molecular formula is C22H29FN6OS. The molecule has 0 aromatic carbocycles. The van der Waals surface area contributed by atoms with E-state index in [4.69, 9.17) is 4.98 Å². The number of nitrogens with one attached hydrogen (secondary N) is 3. The van der Waals surface area contributed by atoms with Crippen molar-refractivity contribution in [2.75, 3.05) is 30.4 Å². The number of piperidine rings is 1. The molecule has 1 aliphatic rings. The molecule has 0 unspecified atom stereocenters. The van der Waals surface area contributed by atoms with Crippen LogP contribution in [0.15, 0.2) is 36.2 Å². The van der Waals surface area contributed by atoms with Crippen LogP contribution < -0.4 is 15.5 Å². The van der Waals surface area contributed by atoms with Crippen molar-refractivity contribution in [3.63, 3.8) is 0 Å². The second-order valence-electron chi connectivity index (χ2n) is 7.64. The SMILES string of the molecule is C=C/C(=C\C(=O)/C(C)=C(\C)Nc1sc(N(C)C2CCNCC2)nc1C)c1cn[nH]c1F. The van der Waals surface area contributed by atoms with Crippen molar-refractivity contribution in [3.05, 3.63) is 53.4 Å². The highest BCUT2D eigenvalue weighted by Crippen LogP contribution is 2.33. The minimum Gasteiger partial charge on any atom is -0.349 e. The summed E-state index contributed by atoms with van der Waals surface area (Å²) in [6.45, 7) is 11.3. The summed E-state index contributed by atoms with van der Waals surface area (Å²) in [5, 5.41) is 14.5. The molecule has 166 valence electrons. The van der Waals surface area contributed by atoms with Gasteiger partial charge in [-0.25, -0.2) is 4.98 Å². The topological polar surface area (TPSA) is 85.9 Å². The number of anilines is 2. The minimum absolute atomic E-state index is 0.214. The smallest absolute Gasteiger partial charge is 0.216 e. The molecule has 0 bridgehead atoms. The Labute approximate surface area is 186 Å². The third kappa shape index (κ3) is 5.29. The number of aromatic nitrogens is 3. The van der Waals surface area contributed by atoms with Gasteiger partial charge in [-0.05, 0) is 58.4 Å². The van der Waals surface area contributed by atoms with E-state index in [1.54, 1.807) is 18.3 Å². The Hall–Kier alpha value is -2.78. The van der Waals surface area contributed by atoms with E-state index in [-0.39, 0.29) is 11.3 Å². The van der Waals surface area contributed by atoms with Crippen LogP contribution in [0.5, 0.6) is 0 Å². The molecule has 0 aliphatic carbocycles. The number of carbonyl (C=O) groups is 1. The van der Waals surface area contributed by atoms with Crippen LogP contribution in [0.2, 0.25) is 0 Å². The molecule has 0 spiro atoms. The third-order valence-corrected chi connectivity index (χ3v) is 6.75. The molecule has 2 aromatic heterocycles. The summed E-state index contributed by atoms with van der Waals surface area (Å²) in [7, 11) is 2.09. The first kappa shape index (κ1) is 22.9. The number of thiazole rings is 1. The summed E-state index contributed by atoms with van der Waals surface area (Å²) in [6, 6.07) is 0.477. The highest BCUT2D eigenvalue weighted by atomic mass is 32.1. The summed E-state index contributed by atoms with van der Waals surface area (Å²) in [5.74, 6) is -0.823. The van der Waals surface area contributed by atoms with Gasteiger partial charge in [0, 0.05) is 24.4 Å². The maximum atomic E-state index is 13.8. The Kier molecular flexibility index (Phi) is 7.40. The lowest BCUT2D eigenvalue weighted by molar-refractivity contribution is -0.111. The molecule has 31 heavy (non-hydrogen) atoms. The molecule has 0 atom stereocenters. The predicted octanol–water partition coefficient (Wildman–Crippen LogP) is 4.05. The van der Waals surface area contributed by atoms with Gasteiger partial charge in [-0.2, -0.15) is 9.49 Å². The highest BCUT2D eigenvalue weighted by molar-refractivity contribution is 7.19. The maximum Gasteiger partial charge on any atom is 0.216 e. The van der Waals surface area contributed by atoms with Gasteiger partial charge in [0.05, 0.1) is 17.5 Å². The molecule has 3 rings (SSSR count). The van der Waals surface area contributed by atoms with Crippen LogP contribution in [0.4, 0.5) is 14.5 Å². The van der Waals surface area contributed by atoms with Crippen LogP contribution in [0.25, 0.3) is 5.57 Å². The molecular weight excluding hydrogens is 415 g/mol. The molecule has 7 nitrogen and oxygen atoms in total. The number of hydrogen-bond donors (Lipinski definition) is 3. The van der Waals surface area contributed by atoms with Gasteiger partial charge in [0.25, 0.3) is 0 Å². The summed E-state index contributed by atoms with van der Waals surface area (Å²) in [4.78, 5) is 19.7. The largest absolute Gasteiger partial charge is 0.349 e. The molecule has 1 fully saturated rings. The van der Waals surface area contributed by atoms with Crippen LogP contribution in [0.1, 0.15) is 37.9 Å². The Bertz CT molecular complexity index is 1020. The van der Waals surface area contributed by atoms with Gasteiger partial charge >= 0.3 is 0 Å². The fourth-order valence-electron chi connectivity index (χ4n) is 3.42. The van der Waals surface area contributed by atoms with Crippen LogP contribution in [0, 0.1) is 12.9 Å². The van der Waals surface area contributed by atoms with E-state index in [0.717, 1.165) is 47.5 Å². The minimum atomic E-state index is -0.596. The fourth-order valence-corrected chi connectivity index (χ4v) is 4.47. The summed E-state index contributed by atoms with van der Waals surface area (Å²) >= 11 is 1.58. The average molecular weight is 445 g/mol. The van der Waals surface area contributed by atoms with Crippen molar-refractivity contribution in [2.45, 2.75) is 39.7 Å². The van der Waals surface area contributed by atoms with E-state index in [2.05, 4.69) is 39.4 Å². The van der Waals surface area contributed by atoms with Crippen molar-refractivity contribution in [3.8, 4) is 0 Å². The monoisotopic (exact) mass is 444 g/mol. The Morgan fingerprint density at radius 3 is 2.71 bits per heavy atom. The van der Waals surface area contributed by atoms with Gasteiger partial charge in [-0.15, -0.1) is 0 Å². The number of ketones is 1. The number of aryl methyl sites for hydroxylation is 1. The van der Waals surface area contributed by atoms with Crippen LogP contribution in [0.3, 0.4) is 0 Å².